The lowest BCUT2D eigenvalue weighted by atomic mass is 10.0. The zero-order valence-corrected chi connectivity index (χ0v) is 16.8. The Morgan fingerprint density at radius 1 is 1.03 bits per heavy atom. The van der Waals surface area contributed by atoms with Crippen molar-refractivity contribution >= 4 is 16.7 Å². The summed E-state index contributed by atoms with van der Waals surface area (Å²) in [5.41, 5.74) is 2.78. The molecule has 4 aromatic rings. The summed E-state index contributed by atoms with van der Waals surface area (Å²) < 4.78 is 48.1. The summed E-state index contributed by atoms with van der Waals surface area (Å²) in [6, 6.07) is 9.68. The molecule has 0 bridgehead atoms. The first kappa shape index (κ1) is 19.6. The standard InChI is InChI=1S/C22H20F3N5O/c1-29-13-15(11-27-29)20-17-10-19(28-21(17)26-12-18(20)22(23,24)25)14-2-4-16(5-3-14)30-6-8-31-9-7-30/h2-5,10-13H,6-9H2,1H3,(H,26,28). The third-order valence-corrected chi connectivity index (χ3v) is 5.51. The first-order chi connectivity index (χ1) is 14.9. The van der Waals surface area contributed by atoms with Crippen LogP contribution in [-0.4, -0.2) is 46.1 Å². The maximum Gasteiger partial charge on any atom is 0.418 e. The molecule has 160 valence electrons. The third kappa shape index (κ3) is 3.65. The minimum absolute atomic E-state index is 0.0815. The number of pyridine rings is 1. The monoisotopic (exact) mass is 427 g/mol. The molecule has 1 fully saturated rings. The Bertz CT molecular complexity index is 1220. The molecule has 0 atom stereocenters. The van der Waals surface area contributed by atoms with E-state index in [1.54, 1.807) is 19.3 Å². The molecule has 1 aliphatic heterocycles. The van der Waals surface area contributed by atoms with Gasteiger partial charge in [-0.2, -0.15) is 18.3 Å². The van der Waals surface area contributed by atoms with Gasteiger partial charge in [0.1, 0.15) is 5.65 Å². The first-order valence-corrected chi connectivity index (χ1v) is 9.91. The van der Waals surface area contributed by atoms with Gasteiger partial charge in [-0.05, 0) is 23.8 Å². The zero-order valence-electron chi connectivity index (χ0n) is 16.8. The van der Waals surface area contributed by atoms with E-state index in [0.29, 0.717) is 35.5 Å². The molecule has 1 N–H and O–H groups in total. The van der Waals surface area contributed by atoms with Crippen molar-refractivity contribution in [1.82, 2.24) is 19.7 Å². The highest BCUT2D eigenvalue weighted by molar-refractivity contribution is 5.97. The number of halogens is 3. The molecule has 1 aliphatic rings. The number of hydrogen-bond donors (Lipinski definition) is 1. The number of alkyl halides is 3. The maximum absolute atomic E-state index is 13.7. The fourth-order valence-electron chi connectivity index (χ4n) is 3.98. The molecule has 31 heavy (non-hydrogen) atoms. The van der Waals surface area contributed by atoms with Gasteiger partial charge in [0.15, 0.2) is 0 Å². The van der Waals surface area contributed by atoms with Crippen LogP contribution in [0.25, 0.3) is 33.4 Å². The first-order valence-electron chi connectivity index (χ1n) is 9.91. The van der Waals surface area contributed by atoms with Crippen molar-refractivity contribution in [1.29, 1.82) is 0 Å². The topological polar surface area (TPSA) is 59.0 Å². The molecule has 1 saturated heterocycles. The van der Waals surface area contributed by atoms with E-state index in [0.717, 1.165) is 30.5 Å². The van der Waals surface area contributed by atoms with Gasteiger partial charge in [-0.15, -0.1) is 0 Å². The van der Waals surface area contributed by atoms with Crippen LogP contribution in [0.15, 0.2) is 48.9 Å². The van der Waals surface area contributed by atoms with E-state index in [1.807, 2.05) is 24.3 Å². The minimum Gasteiger partial charge on any atom is -0.378 e. The van der Waals surface area contributed by atoms with E-state index >= 15 is 0 Å². The van der Waals surface area contributed by atoms with Crippen molar-refractivity contribution in [3.8, 4) is 22.4 Å². The number of benzene rings is 1. The van der Waals surface area contributed by atoms with Gasteiger partial charge in [0.25, 0.3) is 0 Å². The number of aromatic amines is 1. The summed E-state index contributed by atoms with van der Waals surface area (Å²) in [7, 11) is 1.67. The maximum atomic E-state index is 13.7. The number of rotatable bonds is 3. The van der Waals surface area contributed by atoms with Gasteiger partial charge in [-0.3, -0.25) is 4.68 Å². The number of nitrogens with zero attached hydrogens (tertiary/aromatic N) is 4. The van der Waals surface area contributed by atoms with Crippen LogP contribution >= 0.6 is 0 Å². The summed E-state index contributed by atoms with van der Waals surface area (Å²) in [6.07, 6.45) is -0.627. The highest BCUT2D eigenvalue weighted by atomic mass is 19.4. The molecule has 4 heterocycles. The molecule has 0 unspecified atom stereocenters. The predicted molar refractivity (Wildman–Crippen MR) is 112 cm³/mol. The number of hydrogen-bond acceptors (Lipinski definition) is 4. The lowest BCUT2D eigenvalue weighted by molar-refractivity contribution is -0.137. The number of anilines is 1. The average Bonchev–Trinajstić information content (AvgIpc) is 3.39. The van der Waals surface area contributed by atoms with E-state index < -0.39 is 11.7 Å². The summed E-state index contributed by atoms with van der Waals surface area (Å²) in [5.74, 6) is 0. The van der Waals surface area contributed by atoms with E-state index in [9.17, 15) is 13.2 Å². The molecule has 0 saturated carbocycles. The molecule has 0 spiro atoms. The normalized spacial score (nSPS) is 15.0. The summed E-state index contributed by atoms with van der Waals surface area (Å²) in [6.45, 7) is 3.08. The van der Waals surface area contributed by atoms with Crippen molar-refractivity contribution in [3.63, 3.8) is 0 Å². The number of nitrogens with one attached hydrogen (secondary N) is 1. The van der Waals surface area contributed by atoms with Gasteiger partial charge in [0, 0.05) is 60.4 Å². The van der Waals surface area contributed by atoms with Gasteiger partial charge >= 0.3 is 6.18 Å². The molecule has 0 amide bonds. The van der Waals surface area contributed by atoms with E-state index in [1.165, 1.54) is 10.9 Å². The Morgan fingerprint density at radius 3 is 2.42 bits per heavy atom. The smallest absolute Gasteiger partial charge is 0.378 e. The van der Waals surface area contributed by atoms with Crippen molar-refractivity contribution in [2.24, 2.45) is 7.05 Å². The zero-order chi connectivity index (χ0) is 21.6. The Labute approximate surface area is 176 Å². The van der Waals surface area contributed by atoms with Crippen molar-refractivity contribution in [2.45, 2.75) is 6.18 Å². The Kier molecular flexibility index (Phi) is 4.70. The van der Waals surface area contributed by atoms with Gasteiger partial charge in [0.05, 0.1) is 25.0 Å². The molecule has 0 radical (unpaired) electrons. The Balaban J connectivity index is 1.58. The van der Waals surface area contributed by atoms with E-state index in [-0.39, 0.29) is 5.56 Å². The average molecular weight is 427 g/mol. The lowest BCUT2D eigenvalue weighted by Crippen LogP contribution is -2.36. The largest absolute Gasteiger partial charge is 0.418 e. The molecule has 5 rings (SSSR count). The second kappa shape index (κ2) is 7.42. The molecule has 0 aliphatic carbocycles. The van der Waals surface area contributed by atoms with Crippen LogP contribution in [0.5, 0.6) is 0 Å². The summed E-state index contributed by atoms with van der Waals surface area (Å²) in [4.78, 5) is 9.47. The second-order valence-corrected chi connectivity index (χ2v) is 7.54. The van der Waals surface area contributed by atoms with Crippen LogP contribution in [0.2, 0.25) is 0 Å². The van der Waals surface area contributed by atoms with Gasteiger partial charge < -0.3 is 14.6 Å². The van der Waals surface area contributed by atoms with Crippen molar-refractivity contribution in [3.05, 3.63) is 54.5 Å². The summed E-state index contributed by atoms with van der Waals surface area (Å²) >= 11 is 0. The van der Waals surface area contributed by atoms with E-state index in [2.05, 4.69) is 20.0 Å². The van der Waals surface area contributed by atoms with Crippen LogP contribution in [0.4, 0.5) is 18.9 Å². The number of H-pyrrole nitrogens is 1. The van der Waals surface area contributed by atoms with Crippen molar-refractivity contribution in [2.75, 3.05) is 31.2 Å². The lowest BCUT2D eigenvalue weighted by Gasteiger charge is -2.28. The molecular weight excluding hydrogens is 407 g/mol. The van der Waals surface area contributed by atoms with E-state index in [4.69, 9.17) is 4.74 Å². The summed E-state index contributed by atoms with van der Waals surface area (Å²) in [5, 5.41) is 4.46. The fraction of sp³-hybridized carbons (Fsp3) is 0.273. The molecule has 9 heteroatoms. The van der Waals surface area contributed by atoms with Gasteiger partial charge in [0.2, 0.25) is 0 Å². The number of aromatic nitrogens is 4. The predicted octanol–water partition coefficient (Wildman–Crippen LogP) is 4.49. The quantitative estimate of drug-likeness (QED) is 0.524. The SMILES string of the molecule is Cn1cc(-c2c(C(F)(F)F)cnc3[nH]c(-c4ccc(N5CCOCC5)cc4)cc23)cn1. The van der Waals surface area contributed by atoms with Crippen LogP contribution in [0.1, 0.15) is 5.56 Å². The number of fused-ring (bicyclic) bond motifs is 1. The highest BCUT2D eigenvalue weighted by Gasteiger charge is 2.36. The van der Waals surface area contributed by atoms with Gasteiger partial charge in [-0.1, -0.05) is 12.1 Å². The van der Waals surface area contributed by atoms with Crippen molar-refractivity contribution < 1.29 is 17.9 Å². The Hall–Kier alpha value is -3.33. The van der Waals surface area contributed by atoms with Crippen LogP contribution in [-0.2, 0) is 18.0 Å². The number of aryl methyl sites for hydroxylation is 1. The molecule has 6 nitrogen and oxygen atoms in total. The fourth-order valence-corrected chi connectivity index (χ4v) is 3.98. The highest BCUT2D eigenvalue weighted by Crippen LogP contribution is 2.41. The van der Waals surface area contributed by atoms with Crippen LogP contribution in [0, 0.1) is 0 Å². The molecular formula is C22H20F3N5O. The van der Waals surface area contributed by atoms with Gasteiger partial charge in [-0.25, -0.2) is 4.98 Å². The number of morpholine rings is 1. The number of ether oxygens (including phenoxy) is 1. The van der Waals surface area contributed by atoms with Crippen LogP contribution < -0.4 is 4.90 Å². The minimum atomic E-state index is -4.52. The van der Waals surface area contributed by atoms with Crippen LogP contribution in [0.3, 0.4) is 0 Å². The molecule has 3 aromatic heterocycles. The second-order valence-electron chi connectivity index (χ2n) is 7.54. The molecule has 1 aromatic carbocycles. The third-order valence-electron chi connectivity index (χ3n) is 5.51. The Morgan fingerprint density at radius 2 is 1.77 bits per heavy atom.